The average Bonchev–Trinajstić information content (AvgIpc) is 3.42. The van der Waals surface area contributed by atoms with E-state index in [9.17, 15) is 28.8 Å². The van der Waals surface area contributed by atoms with Gasteiger partial charge in [-0.1, -0.05) is 72.8 Å². The summed E-state index contributed by atoms with van der Waals surface area (Å²) in [4.78, 5) is 93.1. The third kappa shape index (κ3) is 12.5. The van der Waals surface area contributed by atoms with Crippen LogP contribution < -0.4 is 0 Å². The van der Waals surface area contributed by atoms with Crippen LogP contribution in [0.3, 0.4) is 0 Å². The highest BCUT2D eigenvalue weighted by Gasteiger charge is 2.22. The van der Waals surface area contributed by atoms with E-state index in [0.717, 1.165) is 33.4 Å². The Hall–Kier alpha value is -7.86. The van der Waals surface area contributed by atoms with Gasteiger partial charge in [-0.05, 0) is 148 Å². The van der Waals surface area contributed by atoms with Crippen LogP contribution in [0.25, 0.3) is 0 Å². The topological polar surface area (TPSA) is 122 Å². The highest BCUT2D eigenvalue weighted by atomic mass is 16.2. The molecule has 10 aliphatic rings. The van der Waals surface area contributed by atoms with Crippen LogP contribution in [-0.4, -0.2) is 104 Å². The van der Waals surface area contributed by atoms with Gasteiger partial charge in [0.25, 0.3) is 35.4 Å². The van der Waals surface area contributed by atoms with E-state index < -0.39 is 0 Å². The summed E-state index contributed by atoms with van der Waals surface area (Å²) in [7, 11) is 0. The first kappa shape index (κ1) is 52.0. The van der Waals surface area contributed by atoms with Crippen LogP contribution in [0.2, 0.25) is 0 Å². The number of hydrogen-bond acceptors (Lipinski definition) is 6. The molecule has 0 saturated heterocycles. The SMILES string of the molecule is CCN1Cc2ccc(cc2)C(=O)N(CC)Cc2ccc(cc2)C(=O)N(CC)Cc2ccc(cc2)C(=O)N(CC)Cc2ccc(cc2)C(=O)N(CC)Cc2ccc(cc2)C(=O)N(CC)Cc2ccc(cc2)C1=O. The summed E-state index contributed by atoms with van der Waals surface area (Å²) < 4.78 is 0. The molecule has 6 amide bonds. The highest BCUT2D eigenvalue weighted by Crippen LogP contribution is 2.21. The zero-order chi connectivity index (χ0) is 51.3. The Bertz CT molecular complexity index is 2320. The van der Waals surface area contributed by atoms with E-state index in [4.69, 9.17) is 0 Å². The number of carbonyl (C=O) groups excluding carboxylic acids is 6. The fourth-order valence-corrected chi connectivity index (χ4v) is 8.90. The first-order valence-electron chi connectivity index (χ1n) is 25.2. The Morgan fingerprint density at radius 2 is 0.333 bits per heavy atom. The van der Waals surface area contributed by atoms with Gasteiger partial charge in [0.2, 0.25) is 0 Å². The molecule has 10 heterocycles. The van der Waals surface area contributed by atoms with E-state index in [1.54, 1.807) is 102 Å². The molecule has 0 aromatic heterocycles. The molecule has 372 valence electrons. The molecule has 72 heavy (non-hydrogen) atoms. The Morgan fingerprint density at radius 3 is 0.431 bits per heavy atom. The van der Waals surface area contributed by atoms with Crippen molar-refractivity contribution in [2.75, 3.05) is 39.3 Å². The van der Waals surface area contributed by atoms with Gasteiger partial charge in [0.05, 0.1) is 0 Å². The third-order valence-corrected chi connectivity index (χ3v) is 13.5. The minimum atomic E-state index is -0.117. The van der Waals surface area contributed by atoms with Crippen LogP contribution in [0.5, 0.6) is 0 Å². The lowest BCUT2D eigenvalue weighted by Gasteiger charge is -2.24. The summed E-state index contributed by atoms with van der Waals surface area (Å²) in [6, 6.07) is 44.3. The van der Waals surface area contributed by atoms with E-state index in [-0.39, 0.29) is 35.4 Å². The minimum absolute atomic E-state index is 0.117. The van der Waals surface area contributed by atoms with Crippen molar-refractivity contribution < 1.29 is 28.8 Å². The van der Waals surface area contributed by atoms with Gasteiger partial charge < -0.3 is 29.4 Å². The number of benzene rings is 6. The fourth-order valence-electron chi connectivity index (χ4n) is 8.90. The summed E-state index contributed by atoms with van der Waals surface area (Å²) in [5.74, 6) is -0.703. The van der Waals surface area contributed by atoms with Gasteiger partial charge in [0.1, 0.15) is 0 Å². The van der Waals surface area contributed by atoms with E-state index >= 15 is 0 Å². The van der Waals surface area contributed by atoms with Crippen LogP contribution in [0, 0.1) is 0 Å². The zero-order valence-corrected chi connectivity index (χ0v) is 42.5. The van der Waals surface area contributed by atoms with Crippen LogP contribution in [0.15, 0.2) is 146 Å². The van der Waals surface area contributed by atoms with Crippen LogP contribution in [0.1, 0.15) is 137 Å². The largest absolute Gasteiger partial charge is 0.335 e. The molecule has 10 aliphatic heterocycles. The second-order valence-electron chi connectivity index (χ2n) is 18.1. The molecule has 6 aromatic carbocycles. The lowest BCUT2D eigenvalue weighted by molar-refractivity contribution is 0.0740. The Kier molecular flexibility index (Phi) is 17.6. The molecule has 12 nitrogen and oxygen atoms in total. The van der Waals surface area contributed by atoms with Crippen LogP contribution in [-0.2, 0) is 39.3 Å². The predicted molar refractivity (Wildman–Crippen MR) is 281 cm³/mol. The molecule has 0 aliphatic carbocycles. The number of rotatable bonds is 6. The summed E-state index contributed by atoms with van der Waals surface area (Å²) >= 11 is 0. The van der Waals surface area contributed by atoms with E-state index in [1.807, 2.05) is 114 Å². The predicted octanol–water partition coefficient (Wildman–Crippen LogP) is 9.97. The Labute approximate surface area is 424 Å². The molecule has 12 bridgehead atoms. The lowest BCUT2D eigenvalue weighted by atomic mass is 10.1. The van der Waals surface area contributed by atoms with Gasteiger partial charge in [0, 0.05) is 112 Å². The molecule has 0 N–H and O–H groups in total. The summed E-state index contributed by atoms with van der Waals surface area (Å²) in [5, 5.41) is 0. The normalized spacial score (nSPS) is 15.1. The molecule has 0 atom stereocenters. The summed E-state index contributed by atoms with van der Waals surface area (Å²) in [6.07, 6.45) is 0. The average molecular weight is 967 g/mol. The van der Waals surface area contributed by atoms with Gasteiger partial charge in [-0.15, -0.1) is 0 Å². The van der Waals surface area contributed by atoms with Crippen molar-refractivity contribution in [1.29, 1.82) is 0 Å². The molecule has 16 rings (SSSR count). The number of carbonyl (C=O) groups is 6. The minimum Gasteiger partial charge on any atom is -0.335 e. The van der Waals surface area contributed by atoms with Crippen molar-refractivity contribution in [3.8, 4) is 0 Å². The van der Waals surface area contributed by atoms with Gasteiger partial charge in [-0.25, -0.2) is 0 Å². The molecule has 0 fully saturated rings. The quantitative estimate of drug-likeness (QED) is 0.164. The molecular weight excluding hydrogens is 901 g/mol. The van der Waals surface area contributed by atoms with Gasteiger partial charge in [0.15, 0.2) is 0 Å². The molecule has 6 aromatic rings. The molecule has 0 radical (unpaired) electrons. The third-order valence-electron chi connectivity index (χ3n) is 13.5. The van der Waals surface area contributed by atoms with Crippen molar-refractivity contribution in [2.24, 2.45) is 0 Å². The summed E-state index contributed by atoms with van der Waals surface area (Å²) in [5.41, 5.74) is 8.61. The second kappa shape index (κ2) is 24.3. The number of hydrogen-bond donors (Lipinski definition) is 0. The number of amides is 6. The first-order chi connectivity index (χ1) is 34.9. The van der Waals surface area contributed by atoms with E-state index in [2.05, 4.69) is 0 Å². The van der Waals surface area contributed by atoms with Crippen molar-refractivity contribution in [2.45, 2.75) is 80.8 Å². The van der Waals surface area contributed by atoms with Crippen LogP contribution >= 0.6 is 0 Å². The molecule has 0 saturated carbocycles. The maximum atomic E-state index is 13.8. The van der Waals surface area contributed by atoms with Gasteiger partial charge in [-0.3, -0.25) is 28.8 Å². The monoisotopic (exact) mass is 967 g/mol. The van der Waals surface area contributed by atoms with Crippen LogP contribution in [0.4, 0.5) is 0 Å². The lowest BCUT2D eigenvalue weighted by Crippen LogP contribution is -2.32. The fraction of sp³-hybridized carbons (Fsp3) is 0.300. The Balaban J connectivity index is 1.12. The Morgan fingerprint density at radius 1 is 0.222 bits per heavy atom. The van der Waals surface area contributed by atoms with Gasteiger partial charge >= 0.3 is 0 Å². The first-order valence-corrected chi connectivity index (χ1v) is 25.2. The van der Waals surface area contributed by atoms with Crippen molar-refractivity contribution >= 4 is 35.4 Å². The highest BCUT2D eigenvalue weighted by molar-refractivity contribution is 5.97. The summed E-state index contributed by atoms with van der Waals surface area (Å²) in [6.45, 7) is 16.7. The smallest absolute Gasteiger partial charge is 0.254 e. The van der Waals surface area contributed by atoms with Gasteiger partial charge in [-0.2, -0.15) is 0 Å². The van der Waals surface area contributed by atoms with E-state index in [0.29, 0.717) is 112 Å². The maximum absolute atomic E-state index is 13.8. The molecular formula is C60H66N6O6. The van der Waals surface area contributed by atoms with Crippen molar-refractivity contribution in [3.63, 3.8) is 0 Å². The second-order valence-corrected chi connectivity index (χ2v) is 18.1. The van der Waals surface area contributed by atoms with E-state index in [1.165, 1.54) is 0 Å². The van der Waals surface area contributed by atoms with Crippen molar-refractivity contribution in [3.05, 3.63) is 212 Å². The van der Waals surface area contributed by atoms with Crippen molar-refractivity contribution in [1.82, 2.24) is 29.4 Å². The zero-order valence-electron chi connectivity index (χ0n) is 42.5. The molecule has 12 heteroatoms. The standard InChI is InChI=1S/C60H66N6O6/c1-7-61-37-43-13-27-50(28-14-43)56(68)63(9-3)39-45-17-31-52(32-18-45)58(70)65(11-5)41-47-21-35-54(36-22-47)60(72)66(12-6)42-48-23-33-53(34-24-48)59(71)64(10-4)40-46-19-29-51(30-20-46)57(69)62(8-2)38-44-15-25-49(26-16-44)55(61)67/h13-36H,7-12,37-42H2,1-6H3. The number of nitrogens with zero attached hydrogens (tertiary/aromatic N) is 6. The maximum Gasteiger partial charge on any atom is 0.254 e. The molecule has 0 spiro atoms. The molecule has 0 unspecified atom stereocenters.